The van der Waals surface area contributed by atoms with Crippen molar-refractivity contribution in [3.8, 4) is 0 Å². The average Bonchev–Trinajstić information content (AvgIpc) is 2.40. The molecule has 0 aliphatic heterocycles. The zero-order chi connectivity index (χ0) is 15.0. The van der Waals surface area contributed by atoms with E-state index in [9.17, 15) is 0 Å². The maximum atomic E-state index is 8.17. The molecule has 4 nitrogen and oxygen atoms in total. The fraction of sp³-hybridized carbons (Fsp3) is 0.385. The summed E-state index contributed by atoms with van der Waals surface area (Å²) in [6, 6.07) is 0. The van der Waals surface area contributed by atoms with E-state index >= 15 is 0 Å². The van der Waals surface area contributed by atoms with E-state index in [0.717, 1.165) is 0 Å². The first kappa shape index (κ1) is 22.1. The van der Waals surface area contributed by atoms with Crippen LogP contribution in [0.25, 0.3) is 0 Å². The van der Waals surface area contributed by atoms with Crippen LogP contribution < -0.4 is 0 Å². The summed E-state index contributed by atoms with van der Waals surface area (Å²) in [7, 11) is -1.12. The van der Waals surface area contributed by atoms with Gasteiger partial charge in [-0.2, -0.15) is 0 Å². The molecular weight excluding hydrogens is 248 g/mol. The third kappa shape index (κ3) is 24.2. The molecule has 0 amide bonds. The van der Waals surface area contributed by atoms with Crippen molar-refractivity contribution in [1.82, 2.24) is 0 Å². The molecule has 0 fully saturated rings. The van der Waals surface area contributed by atoms with Gasteiger partial charge in [-0.1, -0.05) is 37.7 Å². The Balaban J connectivity index is -0.000000190. The van der Waals surface area contributed by atoms with E-state index in [1.807, 2.05) is 11.4 Å². The summed E-state index contributed by atoms with van der Waals surface area (Å²) in [6.45, 7) is 17.6. The monoisotopic (exact) mass is 274 g/mol. The number of hydrogen-bond acceptors (Lipinski definition) is 4. The van der Waals surface area contributed by atoms with Gasteiger partial charge in [0.15, 0.2) is 0 Å². The normalized spacial score (nSPS) is 9.00. The molecule has 0 rings (SSSR count). The quantitative estimate of drug-likeness (QED) is 0.510. The Morgan fingerprint density at radius 1 is 1.00 bits per heavy atom. The molecule has 0 spiro atoms. The Labute approximate surface area is 111 Å². The second-order valence-corrected chi connectivity index (χ2v) is 8.18. The Morgan fingerprint density at radius 2 is 1.33 bits per heavy atom. The Bertz CT molecular complexity index is 207. The fourth-order valence-corrected chi connectivity index (χ4v) is 0.376. The van der Waals surface area contributed by atoms with Gasteiger partial charge in [-0.25, -0.2) is 0 Å². The highest BCUT2D eigenvalue weighted by Gasteiger charge is 2.07. The lowest BCUT2D eigenvalue weighted by atomic mass is 10.4. The minimum Gasteiger partial charge on any atom is -0.474 e. The minimum absolute atomic E-state index is 0.365. The summed E-state index contributed by atoms with van der Waals surface area (Å²) in [4.78, 5) is 0. The minimum atomic E-state index is -1.12. The zero-order valence-electron chi connectivity index (χ0n) is 11.4. The van der Waals surface area contributed by atoms with Crippen LogP contribution in [0.4, 0.5) is 0 Å². The highest BCUT2D eigenvalue weighted by atomic mass is 28.3. The van der Waals surface area contributed by atoms with E-state index in [-0.39, 0.29) is 13.2 Å². The molecule has 0 aromatic heterocycles. The smallest absolute Gasteiger partial charge is 0.100 e. The van der Waals surface area contributed by atoms with E-state index in [2.05, 4.69) is 44.1 Å². The largest absolute Gasteiger partial charge is 0.474 e. The summed E-state index contributed by atoms with van der Waals surface area (Å²) < 4.78 is 4.36. The highest BCUT2D eigenvalue weighted by molar-refractivity contribution is 6.86. The topological polar surface area (TPSA) is 69.9 Å². The molecule has 0 aromatic rings. The van der Waals surface area contributed by atoms with Crippen LogP contribution in [-0.2, 0) is 4.74 Å². The van der Waals surface area contributed by atoms with E-state index in [1.54, 1.807) is 0 Å². The molecule has 3 N–H and O–H groups in total. The number of ether oxygens (including phenoxy) is 1. The maximum Gasteiger partial charge on any atom is 0.100 e. The van der Waals surface area contributed by atoms with Gasteiger partial charge in [0.05, 0.1) is 33.8 Å². The van der Waals surface area contributed by atoms with Gasteiger partial charge >= 0.3 is 0 Å². The maximum absolute atomic E-state index is 8.17. The summed E-state index contributed by atoms with van der Waals surface area (Å²) in [5, 5.41) is 24.0. The summed E-state index contributed by atoms with van der Waals surface area (Å²) in [5.74, 6) is 0. The van der Waals surface area contributed by atoms with Crippen LogP contribution in [0.2, 0.25) is 13.1 Å². The second kappa shape index (κ2) is 15.9. The van der Waals surface area contributed by atoms with Crippen molar-refractivity contribution in [1.29, 1.82) is 0 Å². The van der Waals surface area contributed by atoms with Crippen LogP contribution in [0.3, 0.4) is 0 Å². The molecular formula is C13H26O4Si. The predicted molar refractivity (Wildman–Crippen MR) is 79.5 cm³/mol. The molecule has 0 saturated carbocycles. The molecule has 0 heterocycles. The van der Waals surface area contributed by atoms with Gasteiger partial charge in [0.25, 0.3) is 0 Å². The first-order chi connectivity index (χ1) is 8.34. The molecule has 0 aliphatic rings. The molecule has 18 heavy (non-hydrogen) atoms. The predicted octanol–water partition coefficient (Wildman–Crippen LogP) is 1.77. The van der Waals surface area contributed by atoms with Gasteiger partial charge in [-0.3, -0.25) is 0 Å². The molecule has 106 valence electrons. The van der Waals surface area contributed by atoms with Crippen molar-refractivity contribution in [2.24, 2.45) is 0 Å². The summed E-state index contributed by atoms with van der Waals surface area (Å²) >= 11 is 0. The number of aliphatic hydroxyl groups excluding tert-OH is 3. The van der Waals surface area contributed by atoms with Crippen LogP contribution >= 0.6 is 0 Å². The van der Waals surface area contributed by atoms with E-state index in [4.69, 9.17) is 15.3 Å². The zero-order valence-corrected chi connectivity index (χ0v) is 12.4. The molecule has 0 radical (unpaired) electrons. The lowest BCUT2D eigenvalue weighted by molar-refractivity contribution is 0.0450. The fourth-order valence-electron chi connectivity index (χ4n) is 0.209. The second-order valence-electron chi connectivity index (χ2n) is 3.72. The van der Waals surface area contributed by atoms with Crippen LogP contribution in [0.5, 0.6) is 0 Å². The van der Waals surface area contributed by atoms with E-state index in [0.29, 0.717) is 0 Å². The lowest BCUT2D eigenvalue weighted by Gasteiger charge is -2.07. The van der Waals surface area contributed by atoms with Crippen LogP contribution in [0.15, 0.2) is 50.2 Å². The SMILES string of the molecule is C=COC=C.C=C[Si](C)(C)C=C.OCC(O)CO. The van der Waals surface area contributed by atoms with Gasteiger partial charge in [-0.15, -0.1) is 13.2 Å². The number of hydrogen-bond donors (Lipinski definition) is 3. The molecule has 0 unspecified atom stereocenters. The van der Waals surface area contributed by atoms with Gasteiger partial charge in [0.1, 0.15) is 6.10 Å². The van der Waals surface area contributed by atoms with Crippen molar-refractivity contribution < 1.29 is 20.1 Å². The van der Waals surface area contributed by atoms with Crippen LogP contribution in [-0.4, -0.2) is 42.7 Å². The first-order valence-corrected chi connectivity index (χ1v) is 8.54. The van der Waals surface area contributed by atoms with Crippen LogP contribution in [0, 0.1) is 0 Å². The molecule has 0 bridgehead atoms. The number of aliphatic hydroxyl groups is 3. The van der Waals surface area contributed by atoms with E-state index in [1.165, 1.54) is 12.5 Å². The molecule has 5 heteroatoms. The van der Waals surface area contributed by atoms with Crippen molar-refractivity contribution in [2.45, 2.75) is 19.2 Å². The van der Waals surface area contributed by atoms with Crippen LogP contribution in [0.1, 0.15) is 0 Å². The van der Waals surface area contributed by atoms with Gasteiger partial charge in [0, 0.05) is 0 Å². The van der Waals surface area contributed by atoms with Crippen molar-refractivity contribution in [2.75, 3.05) is 13.2 Å². The Kier molecular flexibility index (Phi) is 19.4. The number of rotatable bonds is 6. The van der Waals surface area contributed by atoms with Gasteiger partial charge in [0.2, 0.25) is 0 Å². The van der Waals surface area contributed by atoms with Crippen molar-refractivity contribution in [3.63, 3.8) is 0 Å². The van der Waals surface area contributed by atoms with E-state index < -0.39 is 14.2 Å². The van der Waals surface area contributed by atoms with Crippen molar-refractivity contribution >= 4 is 8.07 Å². The Hall–Kier alpha value is -1.14. The third-order valence-electron chi connectivity index (χ3n) is 1.67. The standard InChI is InChI=1S/C6H12Si.C4H6O.C3H8O3/c1-5-7(3,4)6-2;1-3-5-4-2;4-1-3(6)2-5/h5-6H,1-2H2,3-4H3;3-4H,1-2H2;3-6H,1-2H2. The molecule has 0 aromatic carbocycles. The first-order valence-electron chi connectivity index (χ1n) is 5.39. The third-order valence-corrected chi connectivity index (χ3v) is 3.77. The molecule has 0 aliphatic carbocycles. The average molecular weight is 274 g/mol. The molecule has 0 saturated heterocycles. The van der Waals surface area contributed by atoms with Crippen molar-refractivity contribution in [3.05, 3.63) is 50.2 Å². The lowest BCUT2D eigenvalue weighted by Crippen LogP contribution is -2.17. The Morgan fingerprint density at radius 3 is 1.33 bits per heavy atom. The molecule has 0 atom stereocenters. The van der Waals surface area contributed by atoms with Gasteiger partial charge < -0.3 is 20.1 Å². The summed E-state index contributed by atoms with van der Waals surface area (Å²) in [6.07, 6.45) is 1.67. The highest BCUT2D eigenvalue weighted by Crippen LogP contribution is 2.01. The summed E-state index contributed by atoms with van der Waals surface area (Å²) in [5.41, 5.74) is 4.03. The van der Waals surface area contributed by atoms with Gasteiger partial charge in [-0.05, 0) is 0 Å².